The van der Waals surface area contributed by atoms with Crippen molar-refractivity contribution in [3.8, 4) is 6.07 Å². The van der Waals surface area contributed by atoms with Crippen LogP contribution >= 0.6 is 0 Å². The van der Waals surface area contributed by atoms with Crippen molar-refractivity contribution >= 4 is 11.8 Å². The second kappa shape index (κ2) is 8.48. The largest absolute Gasteiger partial charge is 0.338 e. The minimum absolute atomic E-state index is 0.0635. The van der Waals surface area contributed by atoms with Crippen LogP contribution in [0, 0.1) is 17.2 Å². The van der Waals surface area contributed by atoms with Crippen LogP contribution < -0.4 is 0 Å². The molecule has 0 bridgehead atoms. The maximum Gasteiger partial charge on any atom is 0.245 e. The Bertz CT molecular complexity index is 673. The predicted molar refractivity (Wildman–Crippen MR) is 96.3 cm³/mol. The standard InChI is InChI=1S/C20H25N3O2/c1-4-19(24)22-11-5-6-18(14-22)20(25)23(15(2)3)13-17-9-7-16(12-21)8-10-17/h4,7-10,15,18H,1,5-6,11,13-14H2,2-3H3. The maximum absolute atomic E-state index is 13.0. The molecule has 132 valence electrons. The molecule has 0 N–H and O–H groups in total. The molecule has 1 aliphatic heterocycles. The summed E-state index contributed by atoms with van der Waals surface area (Å²) in [7, 11) is 0. The lowest BCUT2D eigenvalue weighted by molar-refractivity contribution is -0.141. The highest BCUT2D eigenvalue weighted by atomic mass is 16.2. The average molecular weight is 339 g/mol. The first-order valence-corrected chi connectivity index (χ1v) is 8.67. The van der Waals surface area contributed by atoms with Gasteiger partial charge in [0.2, 0.25) is 11.8 Å². The Labute approximate surface area is 149 Å². The van der Waals surface area contributed by atoms with Crippen LogP contribution in [0.3, 0.4) is 0 Å². The number of benzene rings is 1. The molecule has 2 amide bonds. The third-order valence-corrected chi connectivity index (χ3v) is 4.60. The van der Waals surface area contributed by atoms with Crippen molar-refractivity contribution in [1.82, 2.24) is 9.80 Å². The minimum Gasteiger partial charge on any atom is -0.338 e. The number of nitriles is 1. The molecule has 1 aromatic carbocycles. The number of carbonyl (C=O) groups excluding carboxylic acids is 2. The molecule has 25 heavy (non-hydrogen) atoms. The van der Waals surface area contributed by atoms with Gasteiger partial charge in [-0.1, -0.05) is 18.7 Å². The molecular weight excluding hydrogens is 314 g/mol. The molecule has 0 aromatic heterocycles. The Balaban J connectivity index is 2.10. The molecule has 2 rings (SSSR count). The van der Waals surface area contributed by atoms with Crippen LogP contribution in [0.15, 0.2) is 36.9 Å². The highest BCUT2D eigenvalue weighted by Crippen LogP contribution is 2.22. The fourth-order valence-corrected chi connectivity index (χ4v) is 3.14. The fraction of sp³-hybridized carbons (Fsp3) is 0.450. The van der Waals surface area contributed by atoms with E-state index >= 15 is 0 Å². The van der Waals surface area contributed by atoms with E-state index in [9.17, 15) is 9.59 Å². The van der Waals surface area contributed by atoms with E-state index in [1.54, 1.807) is 17.0 Å². The Morgan fingerprint density at radius 3 is 2.64 bits per heavy atom. The molecular formula is C20H25N3O2. The third-order valence-electron chi connectivity index (χ3n) is 4.60. The van der Waals surface area contributed by atoms with Crippen molar-refractivity contribution in [2.75, 3.05) is 13.1 Å². The van der Waals surface area contributed by atoms with Crippen LogP contribution in [0.25, 0.3) is 0 Å². The third kappa shape index (κ3) is 4.69. The van der Waals surface area contributed by atoms with Crippen molar-refractivity contribution in [2.24, 2.45) is 5.92 Å². The van der Waals surface area contributed by atoms with E-state index in [2.05, 4.69) is 12.6 Å². The normalized spacial score (nSPS) is 17.0. The molecule has 0 aliphatic carbocycles. The van der Waals surface area contributed by atoms with Gasteiger partial charge in [0, 0.05) is 25.7 Å². The summed E-state index contributed by atoms with van der Waals surface area (Å²) in [6, 6.07) is 9.47. The summed E-state index contributed by atoms with van der Waals surface area (Å²) in [4.78, 5) is 28.4. The number of rotatable bonds is 5. The number of amides is 2. The zero-order chi connectivity index (χ0) is 18.4. The summed E-state index contributed by atoms with van der Waals surface area (Å²) in [6.07, 6.45) is 2.94. The first-order valence-electron chi connectivity index (χ1n) is 8.67. The van der Waals surface area contributed by atoms with E-state index in [-0.39, 0.29) is 23.8 Å². The lowest BCUT2D eigenvalue weighted by Crippen LogP contribution is -2.48. The highest BCUT2D eigenvalue weighted by Gasteiger charge is 2.31. The van der Waals surface area contributed by atoms with Crippen molar-refractivity contribution < 1.29 is 9.59 Å². The number of carbonyl (C=O) groups is 2. The second-order valence-electron chi connectivity index (χ2n) is 6.70. The molecule has 5 heteroatoms. The number of hydrogen-bond acceptors (Lipinski definition) is 3. The number of nitrogens with zero attached hydrogens (tertiary/aromatic N) is 3. The number of hydrogen-bond donors (Lipinski definition) is 0. The van der Waals surface area contributed by atoms with E-state index in [1.807, 2.05) is 30.9 Å². The van der Waals surface area contributed by atoms with Gasteiger partial charge in [-0.15, -0.1) is 0 Å². The lowest BCUT2D eigenvalue weighted by Gasteiger charge is -2.36. The fourth-order valence-electron chi connectivity index (χ4n) is 3.14. The van der Waals surface area contributed by atoms with Crippen molar-refractivity contribution in [3.05, 3.63) is 48.0 Å². The molecule has 1 saturated heterocycles. The summed E-state index contributed by atoms with van der Waals surface area (Å²) < 4.78 is 0. The summed E-state index contributed by atoms with van der Waals surface area (Å²) in [5.74, 6) is -0.194. The van der Waals surface area contributed by atoms with Gasteiger partial charge in [0.05, 0.1) is 17.6 Å². The van der Waals surface area contributed by atoms with Gasteiger partial charge in [-0.25, -0.2) is 0 Å². The van der Waals surface area contributed by atoms with Gasteiger partial charge in [-0.3, -0.25) is 9.59 Å². The Kier molecular flexibility index (Phi) is 6.35. The molecule has 1 fully saturated rings. The van der Waals surface area contributed by atoms with Gasteiger partial charge in [0.15, 0.2) is 0 Å². The van der Waals surface area contributed by atoms with Gasteiger partial charge in [0.1, 0.15) is 0 Å². The zero-order valence-corrected chi connectivity index (χ0v) is 14.9. The van der Waals surface area contributed by atoms with Crippen LogP contribution in [-0.2, 0) is 16.1 Å². The smallest absolute Gasteiger partial charge is 0.245 e. The average Bonchev–Trinajstić information content (AvgIpc) is 2.65. The van der Waals surface area contributed by atoms with Crippen LogP contribution in [0.4, 0.5) is 0 Å². The molecule has 0 radical (unpaired) electrons. The molecule has 1 atom stereocenters. The zero-order valence-electron chi connectivity index (χ0n) is 14.9. The topological polar surface area (TPSA) is 64.4 Å². The van der Waals surface area contributed by atoms with Crippen LogP contribution in [0.1, 0.15) is 37.8 Å². The molecule has 1 aromatic rings. The number of piperidine rings is 1. The van der Waals surface area contributed by atoms with Gasteiger partial charge < -0.3 is 9.80 Å². The van der Waals surface area contributed by atoms with Gasteiger partial charge in [-0.2, -0.15) is 5.26 Å². The van der Waals surface area contributed by atoms with E-state index < -0.39 is 0 Å². The van der Waals surface area contributed by atoms with Crippen molar-refractivity contribution in [3.63, 3.8) is 0 Å². The molecule has 1 heterocycles. The molecule has 5 nitrogen and oxygen atoms in total. The predicted octanol–water partition coefficient (Wildman–Crippen LogP) is 2.72. The summed E-state index contributed by atoms with van der Waals surface area (Å²) in [6.45, 7) is 9.18. The monoisotopic (exact) mass is 339 g/mol. The minimum atomic E-state index is -0.168. The van der Waals surface area contributed by atoms with Gasteiger partial charge in [-0.05, 0) is 50.5 Å². The summed E-state index contributed by atoms with van der Waals surface area (Å²) in [5, 5.41) is 8.89. The highest BCUT2D eigenvalue weighted by molar-refractivity contribution is 5.88. The molecule has 1 aliphatic rings. The van der Waals surface area contributed by atoms with E-state index in [0.717, 1.165) is 18.4 Å². The van der Waals surface area contributed by atoms with Crippen molar-refractivity contribution in [2.45, 2.75) is 39.3 Å². The van der Waals surface area contributed by atoms with E-state index in [4.69, 9.17) is 5.26 Å². The number of likely N-dealkylation sites (tertiary alicyclic amines) is 1. The Morgan fingerprint density at radius 2 is 2.08 bits per heavy atom. The molecule has 0 spiro atoms. The van der Waals surface area contributed by atoms with E-state index in [0.29, 0.717) is 25.2 Å². The van der Waals surface area contributed by atoms with Gasteiger partial charge >= 0.3 is 0 Å². The van der Waals surface area contributed by atoms with Crippen LogP contribution in [0.2, 0.25) is 0 Å². The SMILES string of the molecule is C=CC(=O)N1CCCC(C(=O)N(Cc2ccc(C#N)cc2)C(C)C)C1. The maximum atomic E-state index is 13.0. The summed E-state index contributed by atoms with van der Waals surface area (Å²) >= 11 is 0. The Morgan fingerprint density at radius 1 is 1.40 bits per heavy atom. The first-order chi connectivity index (χ1) is 12.0. The quantitative estimate of drug-likeness (QED) is 0.775. The summed E-state index contributed by atoms with van der Waals surface area (Å²) in [5.41, 5.74) is 1.60. The lowest BCUT2D eigenvalue weighted by atomic mass is 9.95. The molecule has 1 unspecified atom stereocenters. The van der Waals surface area contributed by atoms with Crippen LogP contribution in [0.5, 0.6) is 0 Å². The first kappa shape index (κ1) is 18.7. The second-order valence-corrected chi connectivity index (χ2v) is 6.70. The van der Waals surface area contributed by atoms with Crippen molar-refractivity contribution in [1.29, 1.82) is 5.26 Å². The molecule has 0 saturated carbocycles. The van der Waals surface area contributed by atoms with Crippen LogP contribution in [-0.4, -0.2) is 40.7 Å². The van der Waals surface area contributed by atoms with Gasteiger partial charge in [0.25, 0.3) is 0 Å². The Hall–Kier alpha value is -2.61. The van der Waals surface area contributed by atoms with E-state index in [1.165, 1.54) is 6.08 Å².